The third-order valence-corrected chi connectivity index (χ3v) is 5.33. The molecule has 0 amide bonds. The Morgan fingerprint density at radius 3 is 2.00 bits per heavy atom. The zero-order valence-corrected chi connectivity index (χ0v) is 13.4. The predicted molar refractivity (Wildman–Crippen MR) is 79.6 cm³/mol. The number of hydrogen-bond donors (Lipinski definition) is 1. The SMILES string of the molecule is O=S(=O)(NC1CCCCCCC1)c1ccc(OC(F)(F)F)cc1. The van der Waals surface area contributed by atoms with Crippen molar-refractivity contribution < 1.29 is 26.3 Å². The standard InChI is InChI=1S/C15H20F3NO3S/c16-15(17,18)22-13-8-10-14(11-9-13)23(20,21)19-12-6-4-2-1-3-5-7-12/h8-12,19H,1-7H2. The van der Waals surface area contributed by atoms with Crippen LogP contribution in [0, 0.1) is 0 Å². The number of sulfonamides is 1. The van der Waals surface area contributed by atoms with Crippen LogP contribution in [0.3, 0.4) is 0 Å². The summed E-state index contributed by atoms with van der Waals surface area (Å²) in [6.45, 7) is 0. The van der Waals surface area contributed by atoms with Crippen LogP contribution in [0.4, 0.5) is 13.2 Å². The average molecular weight is 351 g/mol. The van der Waals surface area contributed by atoms with Crippen molar-refractivity contribution in [3.05, 3.63) is 24.3 Å². The van der Waals surface area contributed by atoms with Gasteiger partial charge in [-0.15, -0.1) is 13.2 Å². The smallest absolute Gasteiger partial charge is 0.406 e. The summed E-state index contributed by atoms with van der Waals surface area (Å²) in [5.74, 6) is -0.442. The van der Waals surface area contributed by atoms with Crippen molar-refractivity contribution in [2.45, 2.75) is 62.2 Å². The van der Waals surface area contributed by atoms with Crippen molar-refractivity contribution >= 4 is 10.0 Å². The Kier molecular flexibility index (Phi) is 5.91. The van der Waals surface area contributed by atoms with E-state index in [1.54, 1.807) is 0 Å². The molecule has 1 N–H and O–H groups in total. The third kappa shape index (κ3) is 6.02. The lowest BCUT2D eigenvalue weighted by Crippen LogP contribution is -2.35. The van der Waals surface area contributed by atoms with E-state index in [2.05, 4.69) is 9.46 Å². The molecule has 0 saturated heterocycles. The maximum Gasteiger partial charge on any atom is 0.573 e. The molecule has 0 radical (unpaired) electrons. The van der Waals surface area contributed by atoms with Gasteiger partial charge in [0.15, 0.2) is 0 Å². The Labute approximate surface area is 134 Å². The van der Waals surface area contributed by atoms with Gasteiger partial charge in [-0.1, -0.05) is 32.1 Å². The highest BCUT2D eigenvalue weighted by atomic mass is 32.2. The van der Waals surface area contributed by atoms with Crippen LogP contribution >= 0.6 is 0 Å². The zero-order chi connectivity index (χ0) is 16.9. The normalized spacial score (nSPS) is 18.2. The molecule has 1 aromatic rings. The van der Waals surface area contributed by atoms with Crippen LogP contribution in [0.2, 0.25) is 0 Å². The second-order valence-electron chi connectivity index (χ2n) is 5.68. The van der Waals surface area contributed by atoms with Crippen molar-refractivity contribution in [2.75, 3.05) is 0 Å². The van der Waals surface area contributed by atoms with E-state index < -0.39 is 22.1 Å². The molecule has 4 nitrogen and oxygen atoms in total. The van der Waals surface area contributed by atoms with E-state index in [0.717, 1.165) is 62.8 Å². The minimum Gasteiger partial charge on any atom is -0.406 e. The van der Waals surface area contributed by atoms with Crippen molar-refractivity contribution in [3.8, 4) is 5.75 Å². The molecule has 0 aliphatic heterocycles. The van der Waals surface area contributed by atoms with E-state index in [-0.39, 0.29) is 10.9 Å². The summed E-state index contributed by atoms with van der Waals surface area (Å²) in [6, 6.07) is 4.12. The minimum atomic E-state index is -4.79. The molecule has 130 valence electrons. The maximum atomic E-state index is 12.3. The molecule has 0 spiro atoms. The summed E-state index contributed by atoms with van der Waals surface area (Å²) >= 11 is 0. The summed E-state index contributed by atoms with van der Waals surface area (Å²) in [5, 5.41) is 0. The number of ether oxygens (including phenoxy) is 1. The van der Waals surface area contributed by atoms with Crippen molar-refractivity contribution in [1.82, 2.24) is 4.72 Å². The first-order valence-electron chi connectivity index (χ1n) is 7.64. The fourth-order valence-electron chi connectivity index (χ4n) is 2.68. The molecule has 0 unspecified atom stereocenters. The number of rotatable bonds is 4. The van der Waals surface area contributed by atoms with Gasteiger partial charge in [0.25, 0.3) is 0 Å². The van der Waals surface area contributed by atoms with Gasteiger partial charge in [0.2, 0.25) is 10.0 Å². The third-order valence-electron chi connectivity index (χ3n) is 3.79. The summed E-state index contributed by atoms with van der Waals surface area (Å²) in [6.07, 6.45) is 2.11. The van der Waals surface area contributed by atoms with E-state index in [0.29, 0.717) is 0 Å². The first kappa shape index (κ1) is 18.1. The van der Waals surface area contributed by atoms with Gasteiger partial charge < -0.3 is 4.74 Å². The fraction of sp³-hybridized carbons (Fsp3) is 0.600. The Morgan fingerprint density at radius 1 is 0.957 bits per heavy atom. The van der Waals surface area contributed by atoms with Crippen LogP contribution in [0.25, 0.3) is 0 Å². The number of alkyl halides is 3. The van der Waals surface area contributed by atoms with Gasteiger partial charge in [0.05, 0.1) is 4.90 Å². The molecule has 1 aliphatic rings. The van der Waals surface area contributed by atoms with Crippen LogP contribution in [0.1, 0.15) is 44.9 Å². The summed E-state index contributed by atoms with van der Waals surface area (Å²) in [7, 11) is -3.74. The van der Waals surface area contributed by atoms with E-state index in [1.165, 1.54) is 6.42 Å². The van der Waals surface area contributed by atoms with Gasteiger partial charge in [-0.25, -0.2) is 13.1 Å². The molecule has 1 aromatic carbocycles. The summed E-state index contributed by atoms with van der Waals surface area (Å²) < 4.78 is 67.3. The molecule has 0 bridgehead atoms. The highest BCUT2D eigenvalue weighted by Crippen LogP contribution is 2.24. The average Bonchev–Trinajstić information content (AvgIpc) is 2.40. The fourth-order valence-corrected chi connectivity index (χ4v) is 3.99. The second kappa shape index (κ2) is 7.53. The van der Waals surface area contributed by atoms with Gasteiger partial charge in [-0.2, -0.15) is 0 Å². The number of halogens is 3. The van der Waals surface area contributed by atoms with Gasteiger partial charge in [-0.05, 0) is 37.1 Å². The lowest BCUT2D eigenvalue weighted by atomic mass is 9.97. The van der Waals surface area contributed by atoms with Gasteiger partial charge in [0.1, 0.15) is 5.75 Å². The molecule has 8 heteroatoms. The van der Waals surface area contributed by atoms with Gasteiger partial charge in [-0.3, -0.25) is 0 Å². The number of nitrogens with one attached hydrogen (secondary N) is 1. The molecule has 23 heavy (non-hydrogen) atoms. The topological polar surface area (TPSA) is 55.4 Å². The Morgan fingerprint density at radius 2 is 1.48 bits per heavy atom. The molecule has 0 atom stereocenters. The second-order valence-corrected chi connectivity index (χ2v) is 7.40. The quantitative estimate of drug-likeness (QED) is 0.893. The van der Waals surface area contributed by atoms with Gasteiger partial charge in [0, 0.05) is 6.04 Å². The lowest BCUT2D eigenvalue weighted by Gasteiger charge is -2.21. The molecule has 1 fully saturated rings. The van der Waals surface area contributed by atoms with Crippen LogP contribution < -0.4 is 9.46 Å². The molecular formula is C15H20F3NO3S. The van der Waals surface area contributed by atoms with E-state index >= 15 is 0 Å². The molecule has 0 heterocycles. The monoisotopic (exact) mass is 351 g/mol. The Hall–Kier alpha value is -1.28. The maximum absolute atomic E-state index is 12.3. The van der Waals surface area contributed by atoms with Crippen molar-refractivity contribution in [1.29, 1.82) is 0 Å². The van der Waals surface area contributed by atoms with E-state index in [4.69, 9.17) is 0 Å². The minimum absolute atomic E-state index is 0.0610. The van der Waals surface area contributed by atoms with Crippen molar-refractivity contribution in [2.24, 2.45) is 0 Å². The Bertz CT molecular complexity index is 591. The molecule has 0 aromatic heterocycles. The zero-order valence-electron chi connectivity index (χ0n) is 12.6. The first-order chi connectivity index (χ1) is 10.8. The predicted octanol–water partition coefficient (Wildman–Crippen LogP) is 3.98. The summed E-state index contributed by atoms with van der Waals surface area (Å²) in [4.78, 5) is -0.0610. The summed E-state index contributed by atoms with van der Waals surface area (Å²) in [5.41, 5.74) is 0. The molecule has 1 saturated carbocycles. The van der Waals surface area contributed by atoms with Crippen LogP contribution in [-0.2, 0) is 10.0 Å². The van der Waals surface area contributed by atoms with Crippen LogP contribution in [0.5, 0.6) is 5.75 Å². The van der Waals surface area contributed by atoms with Crippen LogP contribution in [0.15, 0.2) is 29.2 Å². The molecular weight excluding hydrogens is 331 g/mol. The largest absolute Gasteiger partial charge is 0.573 e. The molecule has 2 rings (SSSR count). The molecule has 1 aliphatic carbocycles. The highest BCUT2D eigenvalue weighted by molar-refractivity contribution is 7.89. The highest BCUT2D eigenvalue weighted by Gasteiger charge is 2.31. The van der Waals surface area contributed by atoms with Crippen LogP contribution in [-0.4, -0.2) is 20.8 Å². The van der Waals surface area contributed by atoms with E-state index in [9.17, 15) is 21.6 Å². The number of benzene rings is 1. The number of hydrogen-bond acceptors (Lipinski definition) is 3. The van der Waals surface area contributed by atoms with Gasteiger partial charge >= 0.3 is 6.36 Å². The van der Waals surface area contributed by atoms with E-state index in [1.807, 2.05) is 0 Å². The Balaban J connectivity index is 2.03. The lowest BCUT2D eigenvalue weighted by molar-refractivity contribution is -0.274. The first-order valence-corrected chi connectivity index (χ1v) is 9.13. The van der Waals surface area contributed by atoms with Crippen molar-refractivity contribution in [3.63, 3.8) is 0 Å².